The van der Waals surface area contributed by atoms with E-state index in [1.807, 2.05) is 6.92 Å². The summed E-state index contributed by atoms with van der Waals surface area (Å²) in [5.74, 6) is -2.07. The van der Waals surface area contributed by atoms with E-state index in [4.69, 9.17) is 4.74 Å². The molecule has 0 spiro atoms. The lowest BCUT2D eigenvalue weighted by molar-refractivity contribution is -0.120. The van der Waals surface area contributed by atoms with Gasteiger partial charge in [0.25, 0.3) is 0 Å². The maximum Gasteiger partial charge on any atom is 0.243 e. The van der Waals surface area contributed by atoms with Gasteiger partial charge >= 0.3 is 0 Å². The number of rotatable bonds is 6. The van der Waals surface area contributed by atoms with Crippen LogP contribution in [0.1, 0.15) is 19.8 Å². The van der Waals surface area contributed by atoms with Crippen LogP contribution in [0.4, 0.5) is 14.5 Å². The normalized spacial score (nSPS) is 17.7. The second-order valence-corrected chi connectivity index (χ2v) is 8.66. The quantitative estimate of drug-likeness (QED) is 0.771. The van der Waals surface area contributed by atoms with Crippen LogP contribution in [0.5, 0.6) is 5.75 Å². The SMILES string of the molecule is CCOc1ccc(S(=O)(=O)N2CCCC(C(=O)Nc3cc(F)ccc3F)C2)cc1. The van der Waals surface area contributed by atoms with Crippen molar-refractivity contribution in [3.63, 3.8) is 0 Å². The molecular weight excluding hydrogens is 402 g/mol. The molecule has 1 amide bonds. The zero-order valence-corrected chi connectivity index (χ0v) is 16.7. The molecule has 0 bridgehead atoms. The highest BCUT2D eigenvalue weighted by Crippen LogP contribution is 2.26. The fourth-order valence-corrected chi connectivity index (χ4v) is 4.75. The number of piperidine rings is 1. The molecule has 0 radical (unpaired) electrons. The van der Waals surface area contributed by atoms with Crippen LogP contribution < -0.4 is 10.1 Å². The van der Waals surface area contributed by atoms with E-state index in [1.165, 1.54) is 16.4 Å². The average molecular weight is 424 g/mol. The summed E-state index contributed by atoms with van der Waals surface area (Å²) < 4.78 is 59.5. The summed E-state index contributed by atoms with van der Waals surface area (Å²) in [6.45, 7) is 2.56. The van der Waals surface area contributed by atoms with Gasteiger partial charge in [-0.2, -0.15) is 4.31 Å². The van der Waals surface area contributed by atoms with Crippen molar-refractivity contribution in [2.24, 2.45) is 5.92 Å². The van der Waals surface area contributed by atoms with Gasteiger partial charge in [0, 0.05) is 19.2 Å². The van der Waals surface area contributed by atoms with Crippen LogP contribution in [0, 0.1) is 17.6 Å². The van der Waals surface area contributed by atoms with Crippen molar-refractivity contribution >= 4 is 21.6 Å². The third-order valence-electron chi connectivity index (χ3n) is 4.71. The lowest BCUT2D eigenvalue weighted by atomic mass is 9.98. The van der Waals surface area contributed by atoms with Gasteiger partial charge in [-0.3, -0.25) is 4.79 Å². The Balaban J connectivity index is 1.72. The Morgan fingerprint density at radius 1 is 1.21 bits per heavy atom. The van der Waals surface area contributed by atoms with E-state index in [1.54, 1.807) is 12.1 Å². The highest BCUT2D eigenvalue weighted by molar-refractivity contribution is 7.89. The molecule has 1 saturated heterocycles. The Kier molecular flexibility index (Phi) is 6.49. The van der Waals surface area contributed by atoms with Crippen molar-refractivity contribution in [2.45, 2.75) is 24.7 Å². The molecule has 29 heavy (non-hydrogen) atoms. The Morgan fingerprint density at radius 3 is 2.62 bits per heavy atom. The fraction of sp³-hybridized carbons (Fsp3) is 0.350. The summed E-state index contributed by atoms with van der Waals surface area (Å²) in [6.07, 6.45) is 0.943. The van der Waals surface area contributed by atoms with Gasteiger partial charge in [-0.05, 0) is 56.2 Å². The minimum absolute atomic E-state index is 0.0295. The molecule has 0 aliphatic carbocycles. The standard InChI is InChI=1S/C20H22F2N2O4S/c1-2-28-16-6-8-17(9-7-16)29(26,27)24-11-3-4-14(13-24)20(25)23-19-12-15(21)5-10-18(19)22/h5-10,12,14H,2-4,11,13H2,1H3,(H,23,25). The fourth-order valence-electron chi connectivity index (χ4n) is 3.23. The third-order valence-corrected chi connectivity index (χ3v) is 6.59. The van der Waals surface area contributed by atoms with Crippen molar-refractivity contribution in [1.29, 1.82) is 0 Å². The number of hydrogen-bond donors (Lipinski definition) is 1. The zero-order valence-electron chi connectivity index (χ0n) is 15.9. The molecule has 9 heteroatoms. The maximum absolute atomic E-state index is 13.8. The largest absolute Gasteiger partial charge is 0.494 e. The first-order valence-electron chi connectivity index (χ1n) is 9.30. The number of hydrogen-bond acceptors (Lipinski definition) is 4. The third kappa shape index (κ3) is 4.91. The minimum atomic E-state index is -3.78. The summed E-state index contributed by atoms with van der Waals surface area (Å²) in [5, 5.41) is 2.36. The van der Waals surface area contributed by atoms with Crippen LogP contribution >= 0.6 is 0 Å². The van der Waals surface area contributed by atoms with E-state index >= 15 is 0 Å². The van der Waals surface area contributed by atoms with Crippen LogP contribution in [0.2, 0.25) is 0 Å². The van der Waals surface area contributed by atoms with Gasteiger partial charge in [0.05, 0.1) is 23.1 Å². The molecule has 6 nitrogen and oxygen atoms in total. The first-order chi connectivity index (χ1) is 13.8. The maximum atomic E-state index is 13.8. The summed E-state index contributed by atoms with van der Waals surface area (Å²) in [6, 6.07) is 8.86. The summed E-state index contributed by atoms with van der Waals surface area (Å²) in [7, 11) is -3.78. The predicted molar refractivity (Wildman–Crippen MR) is 104 cm³/mol. The Hall–Kier alpha value is -2.52. The smallest absolute Gasteiger partial charge is 0.243 e. The van der Waals surface area contributed by atoms with Crippen molar-refractivity contribution in [3.05, 3.63) is 54.1 Å². The van der Waals surface area contributed by atoms with E-state index in [-0.39, 0.29) is 23.7 Å². The van der Waals surface area contributed by atoms with Crippen LogP contribution in [0.3, 0.4) is 0 Å². The number of halogens is 2. The van der Waals surface area contributed by atoms with Gasteiger partial charge in [0.1, 0.15) is 17.4 Å². The van der Waals surface area contributed by atoms with Crippen molar-refractivity contribution in [1.82, 2.24) is 4.31 Å². The molecule has 1 aliphatic heterocycles. The number of amides is 1. The number of nitrogens with one attached hydrogen (secondary N) is 1. The van der Waals surface area contributed by atoms with Gasteiger partial charge in [-0.1, -0.05) is 0 Å². The molecule has 1 fully saturated rings. The van der Waals surface area contributed by atoms with Crippen LogP contribution in [0.25, 0.3) is 0 Å². The second-order valence-electron chi connectivity index (χ2n) is 6.72. The zero-order chi connectivity index (χ0) is 21.0. The van der Waals surface area contributed by atoms with Crippen LogP contribution in [0.15, 0.2) is 47.4 Å². The Morgan fingerprint density at radius 2 is 1.93 bits per heavy atom. The molecule has 0 aromatic heterocycles. The molecule has 1 unspecified atom stereocenters. The van der Waals surface area contributed by atoms with Gasteiger partial charge in [-0.15, -0.1) is 0 Å². The first kappa shape index (κ1) is 21.2. The van der Waals surface area contributed by atoms with Gasteiger partial charge in [0.2, 0.25) is 15.9 Å². The lowest BCUT2D eigenvalue weighted by Gasteiger charge is -2.31. The second kappa shape index (κ2) is 8.87. The van der Waals surface area contributed by atoms with E-state index in [0.29, 0.717) is 25.2 Å². The van der Waals surface area contributed by atoms with Gasteiger partial charge in [-0.25, -0.2) is 17.2 Å². The van der Waals surface area contributed by atoms with Gasteiger partial charge in [0.15, 0.2) is 0 Å². The van der Waals surface area contributed by atoms with E-state index in [2.05, 4.69) is 5.32 Å². The Bertz CT molecular complexity index is 980. The van der Waals surface area contributed by atoms with E-state index in [9.17, 15) is 22.0 Å². The molecule has 1 heterocycles. The number of anilines is 1. The molecule has 2 aromatic carbocycles. The Labute approximate surface area is 168 Å². The monoisotopic (exact) mass is 424 g/mol. The van der Waals surface area contributed by atoms with Crippen molar-refractivity contribution < 1.29 is 26.7 Å². The number of benzene rings is 2. The lowest BCUT2D eigenvalue weighted by Crippen LogP contribution is -2.43. The summed E-state index contributed by atoms with van der Waals surface area (Å²) in [5.41, 5.74) is -0.263. The molecule has 1 atom stereocenters. The highest BCUT2D eigenvalue weighted by Gasteiger charge is 2.33. The molecule has 156 valence electrons. The van der Waals surface area contributed by atoms with E-state index < -0.39 is 33.5 Å². The van der Waals surface area contributed by atoms with Gasteiger partial charge < -0.3 is 10.1 Å². The average Bonchev–Trinajstić information content (AvgIpc) is 2.71. The number of carbonyl (C=O) groups excluding carboxylic acids is 1. The number of nitrogens with zero attached hydrogens (tertiary/aromatic N) is 1. The number of sulfonamides is 1. The molecule has 0 saturated carbocycles. The summed E-state index contributed by atoms with van der Waals surface area (Å²) in [4.78, 5) is 12.6. The summed E-state index contributed by atoms with van der Waals surface area (Å²) >= 11 is 0. The topological polar surface area (TPSA) is 75.7 Å². The highest BCUT2D eigenvalue weighted by atomic mass is 32.2. The number of ether oxygens (including phenoxy) is 1. The molecule has 1 aliphatic rings. The van der Waals surface area contributed by atoms with Crippen LogP contribution in [-0.4, -0.2) is 38.3 Å². The van der Waals surface area contributed by atoms with E-state index in [0.717, 1.165) is 18.2 Å². The van der Waals surface area contributed by atoms with Crippen molar-refractivity contribution in [3.8, 4) is 5.75 Å². The minimum Gasteiger partial charge on any atom is -0.494 e. The molecular formula is C20H22F2N2O4S. The first-order valence-corrected chi connectivity index (χ1v) is 10.7. The molecule has 1 N–H and O–H groups in total. The molecule has 3 rings (SSSR count). The molecule has 2 aromatic rings. The van der Waals surface area contributed by atoms with Crippen LogP contribution in [-0.2, 0) is 14.8 Å². The number of carbonyl (C=O) groups is 1. The van der Waals surface area contributed by atoms with Crippen molar-refractivity contribution in [2.75, 3.05) is 25.0 Å². The predicted octanol–water partition coefficient (Wildman–Crippen LogP) is 3.40.